The number of phenols is 2. The lowest BCUT2D eigenvalue weighted by Crippen LogP contribution is -2.41. The van der Waals surface area contributed by atoms with E-state index in [4.69, 9.17) is 16.8 Å². The number of phenolic OH excluding ortho intramolecular Hbond substituents is 2. The minimum absolute atomic E-state index is 0.361. The van der Waals surface area contributed by atoms with Crippen LogP contribution in [-0.2, 0) is 0 Å². The van der Waals surface area contributed by atoms with E-state index in [1.165, 1.54) is 0 Å². The lowest BCUT2D eigenvalue weighted by Gasteiger charge is -2.17. The zero-order valence-electron chi connectivity index (χ0n) is 13.2. The van der Waals surface area contributed by atoms with Crippen molar-refractivity contribution in [3.8, 4) is 11.5 Å². The zero-order valence-corrected chi connectivity index (χ0v) is 14.0. The summed E-state index contributed by atoms with van der Waals surface area (Å²) in [5.74, 6) is -2.86. The molecule has 0 atom stereocenters. The third kappa shape index (κ3) is 4.25. The number of urea groups is 1. The second-order valence-corrected chi connectivity index (χ2v) is 5.43. The number of halogens is 1. The molecule has 0 aliphatic carbocycles. The van der Waals surface area contributed by atoms with Crippen molar-refractivity contribution in [1.29, 1.82) is 0 Å². The molecule has 3 amide bonds. The lowest BCUT2D eigenvalue weighted by atomic mass is 10.1. The number of hydrogen-bond acceptors (Lipinski definition) is 5. The van der Waals surface area contributed by atoms with Crippen LogP contribution in [-0.4, -0.2) is 50.8 Å². The fourth-order valence-electron chi connectivity index (χ4n) is 1.95. The first-order valence-electron chi connectivity index (χ1n) is 7.18. The summed E-state index contributed by atoms with van der Waals surface area (Å²) >= 11 is 5.81. The molecule has 0 heterocycles. The molecule has 0 saturated carbocycles. The molecule has 0 aliphatic heterocycles. The molecule has 1 aromatic carbocycles. The van der Waals surface area contributed by atoms with Gasteiger partial charge in [0, 0.05) is 19.7 Å². The molecule has 1 rings (SSSR count). The van der Waals surface area contributed by atoms with Crippen LogP contribution >= 0.6 is 11.6 Å². The Morgan fingerprint density at radius 3 is 2.50 bits per heavy atom. The van der Waals surface area contributed by atoms with Crippen LogP contribution in [0.25, 0.3) is 0 Å². The number of nitrogens with zero attached hydrogens (tertiary/aromatic N) is 2. The van der Waals surface area contributed by atoms with Gasteiger partial charge in [-0.2, -0.15) is 0 Å². The van der Waals surface area contributed by atoms with Crippen LogP contribution in [0.3, 0.4) is 0 Å². The highest BCUT2D eigenvalue weighted by atomic mass is 35.5. The molecular formula is C14H19ClN3O6+. The number of amides is 3. The second kappa shape index (κ2) is 8.34. The number of nitrogens with one attached hydrogen (secondary N) is 1. The highest BCUT2D eigenvalue weighted by Crippen LogP contribution is 2.42. The van der Waals surface area contributed by atoms with Crippen LogP contribution in [0.1, 0.15) is 36.5 Å². The average Bonchev–Trinajstić information content (AvgIpc) is 2.52. The summed E-state index contributed by atoms with van der Waals surface area (Å²) in [5.41, 5.74) is -1.56. The van der Waals surface area contributed by atoms with E-state index < -0.39 is 44.6 Å². The number of carbonyl (C=O) groups is 2. The standard InChI is InChI=1S/C14H18ClN3O6/c1-3-4-5-6-16-14(22)17(2)13(21)10-8(15)7-9(19)12(20)11(10)18(23)24/h7H,3-6H2,1-2H3,(H3-,16,19,20,21,22,23,24)/p+1. The third-order valence-electron chi connectivity index (χ3n) is 3.28. The van der Waals surface area contributed by atoms with Crippen LogP contribution in [0.15, 0.2) is 6.07 Å². The van der Waals surface area contributed by atoms with E-state index in [1.807, 2.05) is 6.92 Å². The first-order valence-corrected chi connectivity index (χ1v) is 7.56. The Bertz CT molecular complexity index is 664. The van der Waals surface area contributed by atoms with Crippen LogP contribution in [0.2, 0.25) is 5.02 Å². The van der Waals surface area contributed by atoms with Crippen molar-refractivity contribution in [1.82, 2.24) is 10.2 Å². The van der Waals surface area contributed by atoms with E-state index in [2.05, 4.69) is 5.32 Å². The molecule has 0 unspecified atom stereocenters. The second-order valence-electron chi connectivity index (χ2n) is 5.03. The Morgan fingerprint density at radius 2 is 1.96 bits per heavy atom. The Hall–Kier alpha value is -2.55. The van der Waals surface area contributed by atoms with Gasteiger partial charge in [-0.05, 0) is 6.42 Å². The molecule has 10 heteroatoms. The molecule has 24 heavy (non-hydrogen) atoms. The van der Waals surface area contributed by atoms with Crippen molar-refractivity contribution in [2.75, 3.05) is 13.6 Å². The highest BCUT2D eigenvalue weighted by molar-refractivity contribution is 6.35. The Kier molecular flexibility index (Phi) is 6.78. The van der Waals surface area contributed by atoms with Gasteiger partial charge in [-0.25, -0.2) is 10.0 Å². The van der Waals surface area contributed by atoms with E-state index in [0.717, 1.165) is 32.4 Å². The van der Waals surface area contributed by atoms with E-state index in [9.17, 15) is 24.7 Å². The minimum Gasteiger partial charge on any atom is -0.504 e. The van der Waals surface area contributed by atoms with E-state index in [0.29, 0.717) is 11.4 Å². The molecular weight excluding hydrogens is 342 g/mol. The van der Waals surface area contributed by atoms with Crippen molar-refractivity contribution in [3.63, 3.8) is 0 Å². The van der Waals surface area contributed by atoms with Gasteiger partial charge in [0.25, 0.3) is 10.8 Å². The third-order valence-corrected chi connectivity index (χ3v) is 3.58. The number of rotatable bonds is 6. The Balaban J connectivity index is 3.08. The minimum atomic E-state index is -1.03. The number of unbranched alkanes of at least 4 members (excludes halogenated alkanes) is 2. The molecule has 9 nitrogen and oxygen atoms in total. The maximum atomic E-state index is 12.4. The summed E-state index contributed by atoms with van der Waals surface area (Å²) in [6, 6.07) is 0.0884. The number of benzene rings is 1. The van der Waals surface area contributed by atoms with Gasteiger partial charge in [-0.15, -0.1) is 0 Å². The summed E-state index contributed by atoms with van der Waals surface area (Å²) in [6.45, 7) is 2.36. The number of hydrogen-bond donors (Lipinski definition) is 4. The maximum absolute atomic E-state index is 12.4. The summed E-state index contributed by atoms with van der Waals surface area (Å²) in [4.78, 5) is 35.4. The van der Waals surface area contributed by atoms with Crippen LogP contribution < -0.4 is 5.32 Å². The van der Waals surface area contributed by atoms with E-state index in [-0.39, 0.29) is 0 Å². The molecule has 132 valence electrons. The van der Waals surface area contributed by atoms with Crippen molar-refractivity contribution >= 4 is 29.2 Å². The average molecular weight is 361 g/mol. The number of carbonyl (C=O) groups excluding carboxylic acids is 2. The topological polar surface area (TPSA) is 130 Å². The van der Waals surface area contributed by atoms with Gasteiger partial charge in [-0.3, -0.25) is 9.69 Å². The van der Waals surface area contributed by atoms with Gasteiger partial charge in [0.05, 0.1) is 9.93 Å². The molecule has 0 bridgehead atoms. The maximum Gasteiger partial charge on any atom is 0.375 e. The monoisotopic (exact) mass is 360 g/mol. The van der Waals surface area contributed by atoms with E-state index >= 15 is 0 Å². The molecule has 0 saturated heterocycles. The van der Waals surface area contributed by atoms with Crippen molar-refractivity contribution < 1.29 is 29.9 Å². The van der Waals surface area contributed by atoms with Gasteiger partial charge in [0.1, 0.15) is 5.56 Å². The molecule has 4 N–H and O–H groups in total. The first-order chi connectivity index (χ1) is 11.2. The normalized spacial score (nSPS) is 10.3. The van der Waals surface area contributed by atoms with Crippen LogP contribution in [0, 0.1) is 4.91 Å². The molecule has 0 aliphatic rings. The van der Waals surface area contributed by atoms with Gasteiger partial charge in [0.2, 0.25) is 5.75 Å². The van der Waals surface area contributed by atoms with Gasteiger partial charge in [-0.1, -0.05) is 31.4 Å². The zero-order chi connectivity index (χ0) is 18.4. The predicted octanol–water partition coefficient (Wildman–Crippen LogP) is 2.52. The summed E-state index contributed by atoms with van der Waals surface area (Å²) in [7, 11) is 1.15. The van der Waals surface area contributed by atoms with Crippen LogP contribution in [0.4, 0.5) is 10.5 Å². The van der Waals surface area contributed by atoms with Crippen molar-refractivity contribution in [3.05, 3.63) is 21.6 Å². The SMILES string of the molecule is CCCCCNC(=O)N(C)C(=O)c1c(Cl)cc(O)c(O)c1[N+](=O)O. The summed E-state index contributed by atoms with van der Waals surface area (Å²) in [6.07, 6.45) is 2.61. The molecule has 0 fully saturated rings. The van der Waals surface area contributed by atoms with Gasteiger partial charge < -0.3 is 15.5 Å². The van der Waals surface area contributed by atoms with E-state index in [1.54, 1.807) is 0 Å². The van der Waals surface area contributed by atoms with Crippen molar-refractivity contribution in [2.45, 2.75) is 26.2 Å². The Morgan fingerprint density at radius 1 is 1.33 bits per heavy atom. The van der Waals surface area contributed by atoms with Gasteiger partial charge >= 0.3 is 11.7 Å². The largest absolute Gasteiger partial charge is 0.504 e. The smallest absolute Gasteiger partial charge is 0.375 e. The molecule has 1 aromatic rings. The quantitative estimate of drug-likeness (QED) is 0.350. The molecule has 0 aromatic heterocycles. The predicted molar refractivity (Wildman–Crippen MR) is 84.9 cm³/mol. The van der Waals surface area contributed by atoms with Gasteiger partial charge in [0.15, 0.2) is 5.75 Å². The molecule has 0 radical (unpaired) electrons. The number of aromatic hydroxyl groups is 2. The number of imide groups is 1. The Labute approximate surface area is 143 Å². The summed E-state index contributed by atoms with van der Waals surface area (Å²) in [5, 5.41) is 30.3. The first kappa shape index (κ1) is 19.5. The van der Waals surface area contributed by atoms with Crippen LogP contribution in [0.5, 0.6) is 11.5 Å². The molecule has 0 spiro atoms. The van der Waals surface area contributed by atoms with Crippen molar-refractivity contribution in [2.24, 2.45) is 0 Å². The summed E-state index contributed by atoms with van der Waals surface area (Å²) < 4.78 is 0. The fourth-order valence-corrected chi connectivity index (χ4v) is 2.23. The fraction of sp³-hybridized carbons (Fsp3) is 0.429. The highest BCUT2D eigenvalue weighted by Gasteiger charge is 2.36. The lowest BCUT2D eigenvalue weighted by molar-refractivity contribution is -0.730.